The first-order valence-corrected chi connectivity index (χ1v) is 9.69. The quantitative estimate of drug-likeness (QED) is 0.401. The number of benzene rings is 2. The van der Waals surface area contributed by atoms with Gasteiger partial charge in [-0.05, 0) is 36.4 Å². The van der Waals surface area contributed by atoms with E-state index in [4.69, 9.17) is 4.42 Å². The fraction of sp³-hybridized carbons (Fsp3) is 0.0435. The van der Waals surface area contributed by atoms with E-state index in [0.717, 1.165) is 10.0 Å². The highest BCUT2D eigenvalue weighted by Gasteiger charge is 2.15. The van der Waals surface area contributed by atoms with E-state index in [1.807, 2.05) is 36.4 Å². The summed E-state index contributed by atoms with van der Waals surface area (Å²) in [5.74, 6) is 0.282. The number of amides is 2. The SMILES string of the molecule is C=CCNC(=O)C(=Cc1ccc(-c2ccc(Br)cc2)o1)NC(=O)c1ccccc1. The number of nitrogens with one attached hydrogen (secondary N) is 2. The van der Waals surface area contributed by atoms with Crippen molar-refractivity contribution in [3.05, 3.63) is 101 Å². The van der Waals surface area contributed by atoms with Crippen LogP contribution in [0.5, 0.6) is 0 Å². The first-order chi connectivity index (χ1) is 14.1. The van der Waals surface area contributed by atoms with E-state index in [0.29, 0.717) is 17.1 Å². The van der Waals surface area contributed by atoms with Crippen molar-refractivity contribution in [2.45, 2.75) is 0 Å². The summed E-state index contributed by atoms with van der Waals surface area (Å²) in [6, 6.07) is 19.9. The van der Waals surface area contributed by atoms with Gasteiger partial charge in [-0.15, -0.1) is 6.58 Å². The fourth-order valence-corrected chi connectivity index (χ4v) is 2.81. The Balaban J connectivity index is 1.86. The molecule has 2 amide bonds. The number of carbonyl (C=O) groups excluding carboxylic acids is 2. The van der Waals surface area contributed by atoms with Crippen molar-refractivity contribution in [1.82, 2.24) is 10.6 Å². The second-order valence-corrected chi connectivity index (χ2v) is 7.00. The molecule has 1 heterocycles. The lowest BCUT2D eigenvalue weighted by atomic mass is 10.2. The van der Waals surface area contributed by atoms with Crippen molar-refractivity contribution >= 4 is 33.8 Å². The third-order valence-corrected chi connectivity index (χ3v) is 4.51. The maximum absolute atomic E-state index is 12.5. The first kappa shape index (κ1) is 20.4. The van der Waals surface area contributed by atoms with Gasteiger partial charge in [0.15, 0.2) is 0 Å². The maximum atomic E-state index is 12.5. The Labute approximate surface area is 177 Å². The second kappa shape index (κ2) is 9.71. The standard InChI is InChI=1S/C23H19BrN2O3/c1-2-14-25-23(28)20(26-22(27)17-6-4-3-5-7-17)15-19-12-13-21(29-19)16-8-10-18(24)11-9-16/h2-13,15H,1,14H2,(H,25,28)(H,26,27). The fourth-order valence-electron chi connectivity index (χ4n) is 2.54. The minimum atomic E-state index is -0.434. The van der Waals surface area contributed by atoms with Gasteiger partial charge in [0.2, 0.25) is 0 Å². The molecule has 0 aliphatic rings. The molecule has 0 fully saturated rings. The Morgan fingerprint density at radius 3 is 2.41 bits per heavy atom. The molecule has 3 rings (SSSR count). The molecule has 146 valence electrons. The van der Waals surface area contributed by atoms with Gasteiger partial charge in [-0.1, -0.05) is 52.3 Å². The van der Waals surface area contributed by atoms with E-state index >= 15 is 0 Å². The largest absolute Gasteiger partial charge is 0.457 e. The zero-order valence-electron chi connectivity index (χ0n) is 15.5. The maximum Gasteiger partial charge on any atom is 0.268 e. The monoisotopic (exact) mass is 450 g/mol. The van der Waals surface area contributed by atoms with Crippen LogP contribution in [0.25, 0.3) is 17.4 Å². The number of rotatable bonds is 7. The van der Waals surface area contributed by atoms with Crippen LogP contribution in [0.15, 0.2) is 94.0 Å². The molecule has 2 N–H and O–H groups in total. The van der Waals surface area contributed by atoms with Crippen molar-refractivity contribution in [1.29, 1.82) is 0 Å². The lowest BCUT2D eigenvalue weighted by Crippen LogP contribution is -2.34. The highest BCUT2D eigenvalue weighted by molar-refractivity contribution is 9.10. The van der Waals surface area contributed by atoms with Gasteiger partial charge >= 0.3 is 0 Å². The lowest BCUT2D eigenvalue weighted by molar-refractivity contribution is -0.117. The van der Waals surface area contributed by atoms with Crippen LogP contribution in [0.3, 0.4) is 0 Å². The van der Waals surface area contributed by atoms with E-state index in [-0.39, 0.29) is 18.1 Å². The Morgan fingerprint density at radius 2 is 1.72 bits per heavy atom. The second-order valence-electron chi connectivity index (χ2n) is 6.09. The lowest BCUT2D eigenvalue weighted by Gasteiger charge is -2.09. The van der Waals surface area contributed by atoms with E-state index in [9.17, 15) is 9.59 Å². The van der Waals surface area contributed by atoms with Crippen LogP contribution in [0.1, 0.15) is 16.1 Å². The summed E-state index contributed by atoms with van der Waals surface area (Å²) in [6.45, 7) is 3.86. The van der Waals surface area contributed by atoms with Crippen molar-refractivity contribution < 1.29 is 14.0 Å². The molecule has 2 aromatic carbocycles. The molecule has 3 aromatic rings. The predicted molar refractivity (Wildman–Crippen MR) is 117 cm³/mol. The molecule has 0 radical (unpaired) electrons. The number of carbonyl (C=O) groups is 2. The number of hydrogen-bond donors (Lipinski definition) is 2. The van der Waals surface area contributed by atoms with Crippen LogP contribution in [0.2, 0.25) is 0 Å². The number of halogens is 1. The number of furan rings is 1. The van der Waals surface area contributed by atoms with Crippen molar-refractivity contribution in [2.75, 3.05) is 6.54 Å². The van der Waals surface area contributed by atoms with Crippen LogP contribution in [0.4, 0.5) is 0 Å². The third kappa shape index (κ3) is 5.56. The van der Waals surface area contributed by atoms with E-state index in [2.05, 4.69) is 33.1 Å². The molecular formula is C23H19BrN2O3. The summed E-state index contributed by atoms with van der Waals surface area (Å²) < 4.78 is 6.81. The summed E-state index contributed by atoms with van der Waals surface area (Å²) >= 11 is 3.40. The molecule has 0 saturated carbocycles. The van der Waals surface area contributed by atoms with Crippen LogP contribution < -0.4 is 10.6 Å². The summed E-state index contributed by atoms with van der Waals surface area (Å²) in [5, 5.41) is 5.32. The first-order valence-electron chi connectivity index (χ1n) is 8.90. The predicted octanol–water partition coefficient (Wildman–Crippen LogP) is 4.78. The van der Waals surface area contributed by atoms with Gasteiger partial charge in [-0.3, -0.25) is 9.59 Å². The summed E-state index contributed by atoms with van der Waals surface area (Å²) in [4.78, 5) is 25.0. The van der Waals surface area contributed by atoms with Crippen molar-refractivity contribution in [2.24, 2.45) is 0 Å². The molecule has 1 aromatic heterocycles. The molecule has 0 bridgehead atoms. The van der Waals surface area contributed by atoms with Gasteiger partial charge in [0.25, 0.3) is 11.8 Å². The summed E-state index contributed by atoms with van der Waals surface area (Å²) in [6.07, 6.45) is 3.06. The summed E-state index contributed by atoms with van der Waals surface area (Å²) in [5.41, 5.74) is 1.43. The molecule has 0 spiro atoms. The zero-order chi connectivity index (χ0) is 20.6. The molecule has 0 aliphatic carbocycles. The topological polar surface area (TPSA) is 71.3 Å². The molecule has 0 saturated heterocycles. The average molecular weight is 451 g/mol. The van der Waals surface area contributed by atoms with Gasteiger partial charge in [0, 0.05) is 28.2 Å². The smallest absolute Gasteiger partial charge is 0.268 e. The highest BCUT2D eigenvalue weighted by atomic mass is 79.9. The highest BCUT2D eigenvalue weighted by Crippen LogP contribution is 2.25. The Morgan fingerprint density at radius 1 is 1.00 bits per heavy atom. The van der Waals surface area contributed by atoms with Gasteiger partial charge in [-0.2, -0.15) is 0 Å². The molecule has 0 aliphatic heterocycles. The van der Waals surface area contributed by atoms with Crippen LogP contribution >= 0.6 is 15.9 Å². The van der Waals surface area contributed by atoms with Crippen molar-refractivity contribution in [3.63, 3.8) is 0 Å². The molecule has 0 atom stereocenters. The normalized spacial score (nSPS) is 11.0. The van der Waals surface area contributed by atoms with Gasteiger partial charge in [0.05, 0.1) is 0 Å². The van der Waals surface area contributed by atoms with Crippen LogP contribution in [0, 0.1) is 0 Å². The average Bonchev–Trinajstić information content (AvgIpc) is 3.21. The minimum Gasteiger partial charge on any atom is -0.457 e. The summed E-state index contributed by atoms with van der Waals surface area (Å²) in [7, 11) is 0. The van der Waals surface area contributed by atoms with Crippen LogP contribution in [-0.4, -0.2) is 18.4 Å². The molecule has 6 heteroatoms. The Kier molecular flexibility index (Phi) is 6.81. The Hall–Kier alpha value is -3.38. The van der Waals surface area contributed by atoms with Gasteiger partial charge in [0.1, 0.15) is 17.2 Å². The van der Waals surface area contributed by atoms with E-state index in [1.54, 1.807) is 36.4 Å². The third-order valence-electron chi connectivity index (χ3n) is 3.98. The van der Waals surface area contributed by atoms with Crippen LogP contribution in [-0.2, 0) is 4.79 Å². The van der Waals surface area contributed by atoms with E-state index < -0.39 is 5.91 Å². The van der Waals surface area contributed by atoms with E-state index in [1.165, 1.54) is 6.08 Å². The zero-order valence-corrected chi connectivity index (χ0v) is 17.1. The minimum absolute atomic E-state index is 0.0809. The Bertz CT molecular complexity index is 1040. The van der Waals surface area contributed by atoms with Crippen molar-refractivity contribution in [3.8, 4) is 11.3 Å². The molecule has 0 unspecified atom stereocenters. The molecule has 29 heavy (non-hydrogen) atoms. The number of hydrogen-bond acceptors (Lipinski definition) is 3. The molecule has 5 nitrogen and oxygen atoms in total. The molecular weight excluding hydrogens is 432 g/mol. The van der Waals surface area contributed by atoms with Gasteiger partial charge < -0.3 is 15.1 Å². The van der Waals surface area contributed by atoms with Gasteiger partial charge in [-0.25, -0.2) is 0 Å².